The summed E-state index contributed by atoms with van der Waals surface area (Å²) in [5.74, 6) is 0.204. The van der Waals surface area contributed by atoms with Gasteiger partial charge in [-0.3, -0.25) is 14.5 Å². The molecule has 2 aromatic carbocycles. The van der Waals surface area contributed by atoms with Gasteiger partial charge < -0.3 is 15.4 Å². The first-order valence-electron chi connectivity index (χ1n) is 11.3. The number of amides is 2. The van der Waals surface area contributed by atoms with Crippen LogP contribution >= 0.6 is 23.2 Å². The molecular weight excluding hydrogens is 461 g/mol. The summed E-state index contributed by atoms with van der Waals surface area (Å²) < 4.78 is 5.75. The molecule has 2 saturated heterocycles. The van der Waals surface area contributed by atoms with Crippen molar-refractivity contribution in [3.05, 3.63) is 63.6 Å². The average molecular weight is 490 g/mol. The number of hydrogen-bond acceptors (Lipinski definition) is 4. The van der Waals surface area contributed by atoms with E-state index in [1.165, 1.54) is 5.56 Å². The highest BCUT2D eigenvalue weighted by Gasteiger charge is 2.40. The summed E-state index contributed by atoms with van der Waals surface area (Å²) in [6, 6.07) is 14.2. The molecule has 2 N–H and O–H groups in total. The number of carbonyl (C=O) groups excluding carboxylic acids is 2. The zero-order valence-corrected chi connectivity index (χ0v) is 20.2. The molecule has 0 unspecified atom stereocenters. The lowest BCUT2D eigenvalue weighted by Gasteiger charge is -2.39. The van der Waals surface area contributed by atoms with Gasteiger partial charge in [0.25, 0.3) is 5.91 Å². The summed E-state index contributed by atoms with van der Waals surface area (Å²) in [4.78, 5) is 27.0. The molecule has 0 aliphatic carbocycles. The normalized spacial score (nSPS) is 22.1. The van der Waals surface area contributed by atoms with Crippen LogP contribution in [0.1, 0.15) is 36.8 Å². The Labute approximate surface area is 204 Å². The van der Waals surface area contributed by atoms with Crippen LogP contribution < -0.4 is 15.4 Å². The first-order valence-corrected chi connectivity index (χ1v) is 12.1. The summed E-state index contributed by atoms with van der Waals surface area (Å²) in [6.07, 6.45) is 4.35. The zero-order chi connectivity index (χ0) is 23.4. The number of halogens is 2. The third kappa shape index (κ3) is 6.19. The van der Waals surface area contributed by atoms with E-state index < -0.39 is 0 Å². The lowest BCUT2D eigenvalue weighted by atomic mass is 9.96. The fourth-order valence-corrected chi connectivity index (χ4v) is 5.27. The lowest BCUT2D eigenvalue weighted by Crippen LogP contribution is -2.50. The quantitative estimate of drug-likeness (QED) is 0.588. The third-order valence-electron chi connectivity index (χ3n) is 6.54. The van der Waals surface area contributed by atoms with Gasteiger partial charge in [-0.15, -0.1) is 0 Å². The minimum Gasteiger partial charge on any atom is -0.483 e. The standard InChI is InChI=1S/C25H29Cl2N3O3/c1-28-24(31)11-17-10-19(27)6-9-23(17)33-15-25(32)29-20-12-21-7-8-22(13-20)30(21)14-16-2-4-18(26)5-3-16/h2-6,9-10,20-22H,7-8,11-15H2,1H3,(H,28,31)(H,29,32)/t20-,21+,22-. The van der Waals surface area contributed by atoms with Gasteiger partial charge in [-0.05, 0) is 61.6 Å². The Kier molecular flexibility index (Phi) is 7.78. The summed E-state index contributed by atoms with van der Waals surface area (Å²) in [5.41, 5.74) is 1.92. The van der Waals surface area contributed by atoms with Crippen LogP contribution in [0, 0.1) is 0 Å². The summed E-state index contributed by atoms with van der Waals surface area (Å²) in [7, 11) is 1.58. The molecule has 2 aliphatic heterocycles. The van der Waals surface area contributed by atoms with Crippen molar-refractivity contribution in [2.24, 2.45) is 0 Å². The van der Waals surface area contributed by atoms with Gasteiger partial charge in [-0.1, -0.05) is 35.3 Å². The Bertz CT molecular complexity index is 985. The van der Waals surface area contributed by atoms with Crippen molar-refractivity contribution in [1.29, 1.82) is 0 Å². The molecule has 3 atom stereocenters. The fraction of sp³-hybridized carbons (Fsp3) is 0.440. The molecular formula is C25H29Cl2N3O3. The van der Waals surface area contributed by atoms with E-state index in [2.05, 4.69) is 27.7 Å². The van der Waals surface area contributed by atoms with Gasteiger partial charge in [-0.2, -0.15) is 0 Å². The third-order valence-corrected chi connectivity index (χ3v) is 7.03. The van der Waals surface area contributed by atoms with Crippen molar-refractivity contribution >= 4 is 35.0 Å². The maximum absolute atomic E-state index is 12.6. The number of carbonyl (C=O) groups is 2. The molecule has 2 aliphatic rings. The molecule has 4 rings (SSSR count). The van der Waals surface area contributed by atoms with Crippen molar-refractivity contribution in [3.8, 4) is 5.75 Å². The summed E-state index contributed by atoms with van der Waals surface area (Å²) in [6.45, 7) is 0.823. The van der Waals surface area contributed by atoms with Crippen LogP contribution in [0.3, 0.4) is 0 Å². The second-order valence-electron chi connectivity index (χ2n) is 8.81. The highest BCUT2D eigenvalue weighted by Crippen LogP contribution is 2.37. The maximum Gasteiger partial charge on any atom is 0.258 e. The number of fused-ring (bicyclic) bond motifs is 2. The fourth-order valence-electron chi connectivity index (χ4n) is 4.95. The number of nitrogens with one attached hydrogen (secondary N) is 2. The van der Waals surface area contributed by atoms with Crippen molar-refractivity contribution in [2.45, 2.75) is 56.8 Å². The molecule has 8 heteroatoms. The van der Waals surface area contributed by atoms with Crippen molar-refractivity contribution in [3.63, 3.8) is 0 Å². The number of piperidine rings is 1. The molecule has 2 fully saturated rings. The maximum atomic E-state index is 12.6. The number of hydrogen-bond donors (Lipinski definition) is 2. The van der Waals surface area contributed by atoms with Gasteiger partial charge in [0.05, 0.1) is 6.42 Å². The van der Waals surface area contributed by atoms with Gasteiger partial charge in [0, 0.05) is 47.3 Å². The van der Waals surface area contributed by atoms with Crippen LogP contribution in [-0.2, 0) is 22.6 Å². The Hall–Kier alpha value is -2.28. The topological polar surface area (TPSA) is 70.7 Å². The van der Waals surface area contributed by atoms with E-state index in [0.717, 1.165) is 37.3 Å². The Balaban J connectivity index is 1.29. The molecule has 2 aromatic rings. The number of ether oxygens (including phenoxy) is 1. The molecule has 2 heterocycles. The van der Waals surface area contributed by atoms with Gasteiger partial charge in [-0.25, -0.2) is 0 Å². The van der Waals surface area contributed by atoms with E-state index in [1.54, 1.807) is 25.2 Å². The molecule has 0 saturated carbocycles. The van der Waals surface area contributed by atoms with E-state index in [-0.39, 0.29) is 30.9 Å². The summed E-state index contributed by atoms with van der Waals surface area (Å²) in [5, 5.41) is 7.01. The van der Waals surface area contributed by atoms with Crippen LogP contribution in [0.5, 0.6) is 5.75 Å². The van der Waals surface area contributed by atoms with E-state index in [4.69, 9.17) is 27.9 Å². The predicted octanol–water partition coefficient (Wildman–Crippen LogP) is 3.97. The Morgan fingerprint density at radius 2 is 1.67 bits per heavy atom. The Morgan fingerprint density at radius 3 is 2.33 bits per heavy atom. The second-order valence-corrected chi connectivity index (χ2v) is 9.68. The Morgan fingerprint density at radius 1 is 1.00 bits per heavy atom. The van der Waals surface area contributed by atoms with Crippen molar-refractivity contribution in [1.82, 2.24) is 15.5 Å². The molecule has 176 valence electrons. The number of rotatable bonds is 8. The predicted molar refractivity (Wildman–Crippen MR) is 130 cm³/mol. The van der Waals surface area contributed by atoms with E-state index in [9.17, 15) is 9.59 Å². The number of benzene rings is 2. The molecule has 33 heavy (non-hydrogen) atoms. The highest BCUT2D eigenvalue weighted by atomic mass is 35.5. The van der Waals surface area contributed by atoms with Crippen LogP contribution in [-0.4, -0.2) is 48.5 Å². The molecule has 2 amide bonds. The number of nitrogens with zero attached hydrogens (tertiary/aromatic N) is 1. The minimum absolute atomic E-state index is 0.0945. The van der Waals surface area contributed by atoms with Gasteiger partial charge >= 0.3 is 0 Å². The van der Waals surface area contributed by atoms with Crippen molar-refractivity contribution < 1.29 is 14.3 Å². The highest BCUT2D eigenvalue weighted by molar-refractivity contribution is 6.30. The van der Waals surface area contributed by atoms with Crippen LogP contribution in [0.25, 0.3) is 0 Å². The molecule has 6 nitrogen and oxygen atoms in total. The smallest absolute Gasteiger partial charge is 0.258 e. The van der Waals surface area contributed by atoms with Gasteiger partial charge in [0.2, 0.25) is 5.91 Å². The van der Waals surface area contributed by atoms with Crippen LogP contribution in [0.4, 0.5) is 0 Å². The largest absolute Gasteiger partial charge is 0.483 e. The van der Waals surface area contributed by atoms with Crippen molar-refractivity contribution in [2.75, 3.05) is 13.7 Å². The zero-order valence-electron chi connectivity index (χ0n) is 18.7. The van der Waals surface area contributed by atoms with Gasteiger partial charge in [0.15, 0.2) is 6.61 Å². The van der Waals surface area contributed by atoms with E-state index in [1.807, 2.05) is 12.1 Å². The summed E-state index contributed by atoms with van der Waals surface area (Å²) >= 11 is 12.1. The van der Waals surface area contributed by atoms with Crippen LogP contribution in [0.2, 0.25) is 10.0 Å². The monoisotopic (exact) mass is 489 g/mol. The second kappa shape index (κ2) is 10.8. The first-order chi connectivity index (χ1) is 15.9. The minimum atomic E-state index is -0.147. The van der Waals surface area contributed by atoms with E-state index >= 15 is 0 Å². The SMILES string of the molecule is CNC(=O)Cc1cc(Cl)ccc1OCC(=O)N[C@H]1C[C@H]2CC[C@@H](C1)N2Cc1ccc(Cl)cc1. The average Bonchev–Trinajstić information content (AvgIpc) is 3.02. The lowest BCUT2D eigenvalue weighted by molar-refractivity contribution is -0.124. The van der Waals surface area contributed by atoms with Gasteiger partial charge in [0.1, 0.15) is 5.75 Å². The van der Waals surface area contributed by atoms with E-state index in [0.29, 0.717) is 28.4 Å². The molecule has 0 spiro atoms. The molecule has 0 radical (unpaired) electrons. The molecule has 0 aromatic heterocycles. The number of likely N-dealkylation sites (N-methyl/N-ethyl adjacent to an activating group) is 1. The van der Waals surface area contributed by atoms with Crippen LogP contribution in [0.15, 0.2) is 42.5 Å². The first kappa shape index (κ1) is 23.9. The molecule has 2 bridgehead atoms.